The molecule has 1 unspecified atom stereocenters. The molecule has 0 radical (unpaired) electrons. The lowest BCUT2D eigenvalue weighted by atomic mass is 10.1. The first-order valence-electron chi connectivity index (χ1n) is 12.4. The van der Waals surface area contributed by atoms with E-state index >= 15 is 0 Å². The standard InChI is InChI=1S/C25H25ClF3N9O3/c1-31-19-10-32-16(8-33-19)17(7-30)41-18-9-34-22-21(20(18)26)37(2)24(36-22)35-15-6-13(25(27,28)29)11-38(23(15)39)14-4-3-5-40-12-14/h6-11,14H,3-5,12,30H2,1-2H3,(H,31,33)(H,34,35,36). The minimum Gasteiger partial charge on any atom is -0.450 e. The Hall–Kier alpha value is -4.37. The quantitative estimate of drug-likeness (QED) is 0.269. The molecule has 1 saturated heterocycles. The second-order valence-electron chi connectivity index (χ2n) is 9.12. The highest BCUT2D eigenvalue weighted by molar-refractivity contribution is 6.36. The van der Waals surface area contributed by atoms with Crippen LogP contribution in [0.5, 0.6) is 5.75 Å². The van der Waals surface area contributed by atoms with Crippen LogP contribution < -0.4 is 26.7 Å². The second-order valence-corrected chi connectivity index (χ2v) is 9.50. The fraction of sp³-hybridized carbons (Fsp3) is 0.320. The SMILES string of the molecule is CNc1cnc(C(=CN)Oc2cnc3nc(Nc4cc(C(F)(F)F)cn(C5CCCOC5)c4=O)n(C)c3c2Cl)cn1. The van der Waals surface area contributed by atoms with Crippen LogP contribution in [0.1, 0.15) is 30.1 Å². The highest BCUT2D eigenvalue weighted by Gasteiger charge is 2.33. The molecule has 5 rings (SSSR count). The number of rotatable bonds is 7. The first kappa shape index (κ1) is 28.2. The third-order valence-corrected chi connectivity index (χ3v) is 6.85. The van der Waals surface area contributed by atoms with E-state index in [1.165, 1.54) is 29.4 Å². The average Bonchev–Trinajstić information content (AvgIpc) is 3.29. The van der Waals surface area contributed by atoms with Gasteiger partial charge in [-0.15, -0.1) is 0 Å². The topological polar surface area (TPSA) is 147 Å². The Bertz CT molecular complexity index is 1660. The van der Waals surface area contributed by atoms with E-state index in [0.29, 0.717) is 36.5 Å². The molecule has 0 bridgehead atoms. The van der Waals surface area contributed by atoms with Gasteiger partial charge >= 0.3 is 6.18 Å². The molecule has 12 nitrogen and oxygen atoms in total. The Morgan fingerprint density at radius 3 is 2.71 bits per heavy atom. The summed E-state index contributed by atoms with van der Waals surface area (Å²) in [5.74, 6) is 0.849. The predicted molar refractivity (Wildman–Crippen MR) is 146 cm³/mol. The number of fused-ring (bicyclic) bond motifs is 1. The molecule has 0 aromatic carbocycles. The summed E-state index contributed by atoms with van der Waals surface area (Å²) in [4.78, 5) is 30.3. The van der Waals surface area contributed by atoms with Gasteiger partial charge in [-0.1, -0.05) is 11.6 Å². The molecule has 1 atom stereocenters. The number of nitrogens with zero attached hydrogens (tertiary/aromatic N) is 6. The van der Waals surface area contributed by atoms with Gasteiger partial charge in [0, 0.05) is 33.1 Å². The Balaban J connectivity index is 1.50. The lowest BCUT2D eigenvalue weighted by Crippen LogP contribution is -2.32. The maximum atomic E-state index is 13.8. The van der Waals surface area contributed by atoms with Crippen molar-refractivity contribution in [1.82, 2.24) is 29.1 Å². The zero-order valence-corrected chi connectivity index (χ0v) is 22.6. The predicted octanol–water partition coefficient (Wildman–Crippen LogP) is 4.07. The molecule has 4 N–H and O–H groups in total. The van der Waals surface area contributed by atoms with Crippen molar-refractivity contribution >= 4 is 46.0 Å². The Morgan fingerprint density at radius 2 is 2.07 bits per heavy atom. The lowest BCUT2D eigenvalue weighted by molar-refractivity contribution is -0.138. The van der Waals surface area contributed by atoms with Crippen LogP contribution in [0.4, 0.5) is 30.6 Å². The van der Waals surface area contributed by atoms with Gasteiger partial charge in [0.2, 0.25) is 5.95 Å². The number of pyridine rings is 2. The summed E-state index contributed by atoms with van der Waals surface area (Å²) in [6.45, 7) is 0.632. The number of nitrogens with two attached hydrogens (primary N) is 1. The van der Waals surface area contributed by atoms with Crippen molar-refractivity contribution in [2.45, 2.75) is 25.1 Å². The van der Waals surface area contributed by atoms with E-state index in [2.05, 4.69) is 30.6 Å². The Kier molecular flexibility index (Phi) is 7.73. The molecule has 1 fully saturated rings. The van der Waals surface area contributed by atoms with Gasteiger partial charge in [0.25, 0.3) is 5.56 Å². The number of aromatic nitrogens is 6. The second kappa shape index (κ2) is 11.2. The molecular weight excluding hydrogens is 567 g/mol. The number of imidazole rings is 1. The number of hydrogen-bond acceptors (Lipinski definition) is 10. The molecule has 4 aromatic rings. The molecule has 0 amide bonds. The van der Waals surface area contributed by atoms with Crippen molar-refractivity contribution in [2.75, 3.05) is 30.9 Å². The molecule has 5 heterocycles. The van der Waals surface area contributed by atoms with Gasteiger partial charge in [0.05, 0.1) is 36.8 Å². The molecular formula is C25H25ClF3N9O3. The molecule has 216 valence electrons. The fourth-order valence-electron chi connectivity index (χ4n) is 4.35. The van der Waals surface area contributed by atoms with E-state index in [1.807, 2.05) is 0 Å². The van der Waals surface area contributed by atoms with Crippen molar-refractivity contribution in [3.63, 3.8) is 0 Å². The monoisotopic (exact) mass is 591 g/mol. The highest BCUT2D eigenvalue weighted by Crippen LogP contribution is 2.36. The summed E-state index contributed by atoms with van der Waals surface area (Å²) in [5, 5.41) is 5.69. The minimum atomic E-state index is -4.68. The molecule has 0 saturated carbocycles. The number of ether oxygens (including phenoxy) is 2. The zero-order chi connectivity index (χ0) is 29.3. The Morgan fingerprint density at radius 1 is 1.27 bits per heavy atom. The third kappa shape index (κ3) is 5.63. The van der Waals surface area contributed by atoms with Crippen LogP contribution in [-0.4, -0.2) is 49.3 Å². The Labute approximate surface area is 236 Å². The van der Waals surface area contributed by atoms with Gasteiger partial charge < -0.3 is 35.0 Å². The summed E-state index contributed by atoms with van der Waals surface area (Å²) < 4.78 is 55.1. The molecule has 16 heteroatoms. The van der Waals surface area contributed by atoms with E-state index in [-0.39, 0.29) is 40.4 Å². The van der Waals surface area contributed by atoms with E-state index in [4.69, 9.17) is 26.8 Å². The van der Waals surface area contributed by atoms with Crippen molar-refractivity contribution < 1.29 is 22.6 Å². The van der Waals surface area contributed by atoms with Crippen LogP contribution in [-0.2, 0) is 18.0 Å². The van der Waals surface area contributed by atoms with Gasteiger partial charge in [-0.25, -0.2) is 15.0 Å². The van der Waals surface area contributed by atoms with Crippen LogP contribution in [0, 0.1) is 0 Å². The van der Waals surface area contributed by atoms with Crippen molar-refractivity contribution in [3.8, 4) is 5.75 Å². The normalized spacial score (nSPS) is 16.1. The van der Waals surface area contributed by atoms with E-state index < -0.39 is 23.3 Å². The number of halogens is 4. The molecule has 1 aliphatic heterocycles. The summed E-state index contributed by atoms with van der Waals surface area (Å²) in [6.07, 6.45) is 2.74. The molecule has 1 aliphatic rings. The summed E-state index contributed by atoms with van der Waals surface area (Å²) in [6, 6.07) is 0.226. The smallest absolute Gasteiger partial charge is 0.417 e. The number of hydrogen-bond donors (Lipinski definition) is 3. The van der Waals surface area contributed by atoms with Gasteiger partial charge in [-0.05, 0) is 18.9 Å². The molecule has 41 heavy (non-hydrogen) atoms. The largest absolute Gasteiger partial charge is 0.450 e. The first-order chi connectivity index (χ1) is 19.6. The van der Waals surface area contributed by atoms with Crippen LogP contribution in [0.3, 0.4) is 0 Å². The molecule has 4 aromatic heterocycles. The van der Waals surface area contributed by atoms with Gasteiger partial charge in [-0.3, -0.25) is 4.79 Å². The van der Waals surface area contributed by atoms with Gasteiger partial charge in [0.1, 0.15) is 27.7 Å². The van der Waals surface area contributed by atoms with Crippen molar-refractivity contribution in [3.05, 3.63) is 63.7 Å². The highest BCUT2D eigenvalue weighted by atomic mass is 35.5. The van der Waals surface area contributed by atoms with Crippen molar-refractivity contribution in [2.24, 2.45) is 12.8 Å². The number of aryl methyl sites for hydroxylation is 1. The number of nitrogens with one attached hydrogen (secondary N) is 2. The third-order valence-electron chi connectivity index (χ3n) is 6.48. The summed E-state index contributed by atoms with van der Waals surface area (Å²) in [7, 11) is 3.27. The summed E-state index contributed by atoms with van der Waals surface area (Å²) in [5.41, 5.74) is 4.60. The zero-order valence-electron chi connectivity index (χ0n) is 21.9. The maximum absolute atomic E-state index is 13.8. The maximum Gasteiger partial charge on any atom is 0.417 e. The van der Waals surface area contributed by atoms with Crippen LogP contribution in [0.2, 0.25) is 5.02 Å². The van der Waals surface area contributed by atoms with E-state index in [9.17, 15) is 18.0 Å². The van der Waals surface area contributed by atoms with Crippen molar-refractivity contribution in [1.29, 1.82) is 0 Å². The molecule has 0 aliphatic carbocycles. The number of anilines is 3. The lowest BCUT2D eigenvalue weighted by Gasteiger charge is -2.25. The minimum absolute atomic E-state index is 0.0394. The van der Waals surface area contributed by atoms with Gasteiger partial charge in [0.15, 0.2) is 17.2 Å². The molecule has 0 spiro atoms. The van der Waals surface area contributed by atoms with Crippen LogP contribution in [0.25, 0.3) is 16.9 Å². The fourth-order valence-corrected chi connectivity index (χ4v) is 4.65. The summed E-state index contributed by atoms with van der Waals surface area (Å²) >= 11 is 6.65. The van der Waals surface area contributed by atoms with Crippen LogP contribution in [0.15, 0.2) is 41.8 Å². The van der Waals surface area contributed by atoms with Crippen LogP contribution >= 0.6 is 11.6 Å². The first-order valence-corrected chi connectivity index (χ1v) is 12.8. The van der Waals surface area contributed by atoms with Gasteiger partial charge in [-0.2, -0.15) is 18.2 Å². The van der Waals surface area contributed by atoms with E-state index in [0.717, 1.165) is 16.8 Å². The average molecular weight is 592 g/mol. The van der Waals surface area contributed by atoms with E-state index in [1.54, 1.807) is 14.1 Å². The number of alkyl halides is 3.